The molecule has 0 bridgehead atoms. The lowest BCUT2D eigenvalue weighted by Gasteiger charge is -2.11. The molecule has 0 radical (unpaired) electrons. The van der Waals surface area contributed by atoms with Gasteiger partial charge in [-0.15, -0.1) is 0 Å². The van der Waals surface area contributed by atoms with Crippen LogP contribution in [-0.2, 0) is 6.54 Å². The van der Waals surface area contributed by atoms with E-state index in [-0.39, 0.29) is 17.2 Å². The van der Waals surface area contributed by atoms with E-state index in [0.717, 1.165) is 23.5 Å². The zero-order valence-corrected chi connectivity index (χ0v) is 17.5. The number of amides is 1. The molecule has 0 aliphatic rings. The van der Waals surface area contributed by atoms with Crippen LogP contribution in [0, 0.1) is 6.92 Å². The predicted octanol–water partition coefficient (Wildman–Crippen LogP) is 3.78. The first-order chi connectivity index (χ1) is 15.4. The van der Waals surface area contributed by atoms with Gasteiger partial charge in [-0.1, -0.05) is 0 Å². The maximum absolute atomic E-state index is 12.8. The van der Waals surface area contributed by atoms with Crippen molar-refractivity contribution >= 4 is 17.2 Å². The van der Waals surface area contributed by atoms with Crippen molar-refractivity contribution < 1.29 is 23.0 Å². The standard InChI is InChI=1S/C21H20F2N6O3/c1-4-28-12(2)14(11-25-28)16-7-8-24-19-10-15(27-29(16)19)20(30)26-13-5-6-17(32-21(22)23)18(9-13)31-3/h5-11,21H,4H2,1-3H3,(H,26,30). The lowest BCUT2D eigenvalue weighted by Crippen LogP contribution is -2.13. The number of fused-ring (bicyclic) bond motifs is 1. The molecule has 11 heteroatoms. The van der Waals surface area contributed by atoms with Crippen LogP contribution < -0.4 is 14.8 Å². The number of carbonyl (C=O) groups is 1. The summed E-state index contributed by atoms with van der Waals surface area (Å²) in [6, 6.07) is 7.47. The Hall–Kier alpha value is -4.02. The second kappa shape index (κ2) is 8.61. The lowest BCUT2D eigenvalue weighted by molar-refractivity contribution is -0.0512. The smallest absolute Gasteiger partial charge is 0.387 e. The summed E-state index contributed by atoms with van der Waals surface area (Å²) >= 11 is 0. The van der Waals surface area contributed by atoms with E-state index < -0.39 is 12.5 Å². The van der Waals surface area contributed by atoms with Crippen LogP contribution in [0.3, 0.4) is 0 Å². The summed E-state index contributed by atoms with van der Waals surface area (Å²) < 4.78 is 37.9. The molecular formula is C21H20F2N6O3. The zero-order chi connectivity index (χ0) is 22.8. The van der Waals surface area contributed by atoms with E-state index in [2.05, 4.69) is 25.2 Å². The Kier molecular flexibility index (Phi) is 5.71. The average Bonchev–Trinajstić information content (AvgIpc) is 3.37. The number of hydrogen-bond acceptors (Lipinski definition) is 6. The molecule has 32 heavy (non-hydrogen) atoms. The first-order valence-corrected chi connectivity index (χ1v) is 9.73. The average molecular weight is 442 g/mol. The fourth-order valence-corrected chi connectivity index (χ4v) is 3.36. The Labute approximate surface area is 181 Å². The van der Waals surface area contributed by atoms with Crippen LogP contribution in [0.15, 0.2) is 42.7 Å². The molecule has 0 spiro atoms. The summed E-state index contributed by atoms with van der Waals surface area (Å²) in [6.07, 6.45) is 3.40. The Balaban J connectivity index is 1.63. The normalized spacial score (nSPS) is 11.2. The van der Waals surface area contributed by atoms with Gasteiger partial charge in [0.25, 0.3) is 5.91 Å². The number of nitrogens with one attached hydrogen (secondary N) is 1. The summed E-state index contributed by atoms with van der Waals surface area (Å²) in [5.41, 5.74) is 3.57. The van der Waals surface area contributed by atoms with Gasteiger partial charge in [0.15, 0.2) is 22.8 Å². The molecular weight excluding hydrogens is 422 g/mol. The summed E-state index contributed by atoms with van der Waals surface area (Å²) in [5, 5.41) is 11.5. The van der Waals surface area contributed by atoms with Crippen molar-refractivity contribution in [3.63, 3.8) is 0 Å². The van der Waals surface area contributed by atoms with Crippen molar-refractivity contribution in [2.45, 2.75) is 27.0 Å². The van der Waals surface area contributed by atoms with E-state index in [1.165, 1.54) is 25.3 Å². The molecule has 1 N–H and O–H groups in total. The first-order valence-electron chi connectivity index (χ1n) is 9.73. The first kappa shape index (κ1) is 21.2. The van der Waals surface area contributed by atoms with Gasteiger partial charge < -0.3 is 14.8 Å². The lowest BCUT2D eigenvalue weighted by atomic mass is 10.2. The molecule has 3 heterocycles. The minimum absolute atomic E-state index is 0.0606. The maximum Gasteiger partial charge on any atom is 0.387 e. The number of halogens is 2. The van der Waals surface area contributed by atoms with Crippen LogP contribution in [-0.4, -0.2) is 44.0 Å². The van der Waals surface area contributed by atoms with Crippen LogP contribution in [0.1, 0.15) is 23.1 Å². The third-order valence-corrected chi connectivity index (χ3v) is 4.91. The largest absolute Gasteiger partial charge is 0.493 e. The highest BCUT2D eigenvalue weighted by atomic mass is 19.3. The van der Waals surface area contributed by atoms with Gasteiger partial charge in [0.1, 0.15) is 0 Å². The van der Waals surface area contributed by atoms with Gasteiger partial charge in [0.05, 0.1) is 19.0 Å². The number of aromatic nitrogens is 5. The van der Waals surface area contributed by atoms with E-state index in [1.54, 1.807) is 29.0 Å². The number of benzene rings is 1. The Morgan fingerprint density at radius 2 is 2.03 bits per heavy atom. The predicted molar refractivity (Wildman–Crippen MR) is 112 cm³/mol. The van der Waals surface area contributed by atoms with Crippen LogP contribution in [0.5, 0.6) is 11.5 Å². The molecule has 0 saturated heterocycles. The highest BCUT2D eigenvalue weighted by molar-refractivity contribution is 6.03. The molecule has 4 aromatic rings. The summed E-state index contributed by atoms with van der Waals surface area (Å²) in [5.74, 6) is -0.567. The third-order valence-electron chi connectivity index (χ3n) is 4.91. The third kappa shape index (κ3) is 3.96. The van der Waals surface area contributed by atoms with Crippen molar-refractivity contribution in [2.24, 2.45) is 0 Å². The Bertz CT molecular complexity index is 1280. The summed E-state index contributed by atoms with van der Waals surface area (Å²) in [7, 11) is 1.32. The van der Waals surface area contributed by atoms with Crippen LogP contribution in [0.2, 0.25) is 0 Å². The van der Waals surface area contributed by atoms with E-state index in [1.807, 2.05) is 18.5 Å². The van der Waals surface area contributed by atoms with Gasteiger partial charge >= 0.3 is 6.61 Å². The number of anilines is 1. The van der Waals surface area contributed by atoms with Gasteiger partial charge in [0.2, 0.25) is 0 Å². The van der Waals surface area contributed by atoms with Gasteiger partial charge in [-0.05, 0) is 32.0 Å². The molecule has 0 saturated carbocycles. The van der Waals surface area contributed by atoms with Gasteiger partial charge in [-0.3, -0.25) is 9.48 Å². The number of carbonyl (C=O) groups excluding carboxylic acids is 1. The molecule has 9 nitrogen and oxygen atoms in total. The molecule has 0 aliphatic heterocycles. The topological polar surface area (TPSA) is 95.6 Å². The van der Waals surface area contributed by atoms with E-state index in [0.29, 0.717) is 11.3 Å². The molecule has 0 unspecified atom stereocenters. The molecule has 1 aromatic carbocycles. The maximum atomic E-state index is 12.8. The molecule has 4 rings (SSSR count). The molecule has 0 fully saturated rings. The number of methoxy groups -OCH3 is 1. The van der Waals surface area contributed by atoms with Gasteiger partial charge in [-0.2, -0.15) is 19.0 Å². The fraction of sp³-hybridized carbons (Fsp3) is 0.238. The SMILES string of the molecule is CCn1ncc(-c2ccnc3cc(C(=O)Nc4ccc(OC(F)F)c(OC)c4)nn23)c1C. The van der Waals surface area contributed by atoms with Gasteiger partial charge in [-0.25, -0.2) is 9.50 Å². The van der Waals surface area contributed by atoms with Crippen molar-refractivity contribution in [1.29, 1.82) is 0 Å². The number of nitrogens with zero attached hydrogens (tertiary/aromatic N) is 5. The van der Waals surface area contributed by atoms with Crippen molar-refractivity contribution in [2.75, 3.05) is 12.4 Å². The molecule has 1 amide bonds. The van der Waals surface area contributed by atoms with Gasteiger partial charge in [0, 0.05) is 41.8 Å². The number of hydrogen-bond donors (Lipinski definition) is 1. The van der Waals surface area contributed by atoms with Crippen LogP contribution in [0.25, 0.3) is 16.9 Å². The number of alkyl halides is 2. The minimum Gasteiger partial charge on any atom is -0.493 e. The number of ether oxygens (including phenoxy) is 2. The quantitative estimate of drug-likeness (QED) is 0.468. The second-order valence-electron chi connectivity index (χ2n) is 6.79. The monoisotopic (exact) mass is 442 g/mol. The second-order valence-corrected chi connectivity index (χ2v) is 6.79. The summed E-state index contributed by atoms with van der Waals surface area (Å²) in [4.78, 5) is 17.1. The molecule has 166 valence electrons. The molecule has 0 atom stereocenters. The zero-order valence-electron chi connectivity index (χ0n) is 17.5. The molecule has 3 aromatic heterocycles. The Morgan fingerprint density at radius 1 is 1.22 bits per heavy atom. The fourth-order valence-electron chi connectivity index (χ4n) is 3.36. The van der Waals surface area contributed by atoms with Crippen molar-refractivity contribution in [3.05, 3.63) is 54.1 Å². The minimum atomic E-state index is -2.99. The number of aryl methyl sites for hydroxylation is 1. The highest BCUT2D eigenvalue weighted by Gasteiger charge is 2.18. The highest BCUT2D eigenvalue weighted by Crippen LogP contribution is 2.31. The van der Waals surface area contributed by atoms with E-state index >= 15 is 0 Å². The van der Waals surface area contributed by atoms with Crippen molar-refractivity contribution in [3.8, 4) is 22.8 Å². The number of rotatable bonds is 7. The van der Waals surface area contributed by atoms with E-state index in [9.17, 15) is 13.6 Å². The van der Waals surface area contributed by atoms with E-state index in [4.69, 9.17) is 4.74 Å². The summed E-state index contributed by atoms with van der Waals surface area (Å²) in [6.45, 7) is 1.71. The van der Waals surface area contributed by atoms with Crippen LogP contribution in [0.4, 0.5) is 14.5 Å². The molecule has 0 aliphatic carbocycles. The van der Waals surface area contributed by atoms with Crippen molar-refractivity contribution in [1.82, 2.24) is 24.4 Å². The Morgan fingerprint density at radius 3 is 2.72 bits per heavy atom. The van der Waals surface area contributed by atoms with Crippen LogP contribution >= 0.6 is 0 Å².